The highest BCUT2D eigenvalue weighted by molar-refractivity contribution is 7.17. The molecule has 2 heterocycles. The van der Waals surface area contributed by atoms with Crippen molar-refractivity contribution in [2.45, 2.75) is 25.9 Å². The second-order valence-electron chi connectivity index (χ2n) is 7.34. The predicted octanol–water partition coefficient (Wildman–Crippen LogP) is 4.11. The Morgan fingerprint density at radius 1 is 1.22 bits per heavy atom. The molecular weight excluding hydrogens is 354 g/mol. The molecule has 0 aliphatic carbocycles. The van der Waals surface area contributed by atoms with Crippen LogP contribution in [0.4, 0.5) is 5.69 Å². The first-order chi connectivity index (χ1) is 13.0. The van der Waals surface area contributed by atoms with Gasteiger partial charge in [-0.2, -0.15) is 0 Å². The number of nitrogens with zero attached hydrogens (tertiary/aromatic N) is 1. The number of amides is 1. The zero-order valence-corrected chi connectivity index (χ0v) is 16.8. The lowest BCUT2D eigenvalue weighted by Crippen LogP contribution is -2.56. The van der Waals surface area contributed by atoms with Crippen LogP contribution >= 0.6 is 11.3 Å². The molecule has 1 saturated heterocycles. The minimum Gasteiger partial charge on any atom is -0.369 e. The Labute approximate surface area is 164 Å². The predicted molar refractivity (Wildman–Crippen MR) is 114 cm³/mol. The second-order valence-corrected chi connectivity index (χ2v) is 8.28. The minimum absolute atomic E-state index is 0.0209. The van der Waals surface area contributed by atoms with Gasteiger partial charge in [0.25, 0.3) is 5.91 Å². The molecule has 0 bridgehead atoms. The van der Waals surface area contributed by atoms with Crippen LogP contribution in [-0.4, -0.2) is 32.1 Å². The standard InChI is InChI=1S/C22H25N3OS/c1-14-4-6-18(25(3)19-12-23-13-19)11-20(14)22(26)24-15(2)16-5-7-21-17(10-16)8-9-27-21/h4-11,15,19,23H,12-13H2,1-3H3,(H,24,26)/t15-/m1/s1. The van der Waals surface area contributed by atoms with E-state index in [4.69, 9.17) is 0 Å². The summed E-state index contributed by atoms with van der Waals surface area (Å²) in [5.74, 6) is -0.0209. The Bertz CT molecular complexity index is 977. The Morgan fingerprint density at radius 3 is 2.78 bits per heavy atom. The highest BCUT2D eigenvalue weighted by atomic mass is 32.1. The van der Waals surface area contributed by atoms with E-state index in [-0.39, 0.29) is 11.9 Å². The van der Waals surface area contributed by atoms with Crippen molar-refractivity contribution in [3.63, 3.8) is 0 Å². The number of aryl methyl sites for hydroxylation is 1. The number of benzene rings is 2. The van der Waals surface area contributed by atoms with E-state index in [1.54, 1.807) is 11.3 Å². The molecule has 0 spiro atoms. The van der Waals surface area contributed by atoms with Crippen molar-refractivity contribution < 1.29 is 4.79 Å². The molecule has 3 aromatic rings. The maximum absolute atomic E-state index is 13.0. The Kier molecular flexibility index (Phi) is 4.89. The smallest absolute Gasteiger partial charge is 0.252 e. The van der Waals surface area contributed by atoms with Gasteiger partial charge in [0.15, 0.2) is 0 Å². The molecule has 1 amide bonds. The normalized spacial score (nSPS) is 15.4. The SMILES string of the molecule is Cc1ccc(N(C)C2CNC2)cc1C(=O)N[C@H](C)c1ccc2sccc2c1. The quantitative estimate of drug-likeness (QED) is 0.701. The fourth-order valence-corrected chi connectivity index (χ4v) is 4.22. The van der Waals surface area contributed by atoms with Gasteiger partial charge in [-0.1, -0.05) is 12.1 Å². The van der Waals surface area contributed by atoms with E-state index in [0.29, 0.717) is 6.04 Å². The van der Waals surface area contributed by atoms with Crippen LogP contribution in [0.15, 0.2) is 47.8 Å². The van der Waals surface area contributed by atoms with Gasteiger partial charge in [-0.15, -0.1) is 11.3 Å². The highest BCUT2D eigenvalue weighted by Gasteiger charge is 2.23. The molecule has 1 aliphatic heterocycles. The van der Waals surface area contributed by atoms with E-state index < -0.39 is 0 Å². The van der Waals surface area contributed by atoms with Crippen LogP contribution in [0, 0.1) is 6.92 Å². The zero-order valence-electron chi connectivity index (χ0n) is 16.0. The summed E-state index contributed by atoms with van der Waals surface area (Å²) < 4.78 is 1.27. The van der Waals surface area contributed by atoms with E-state index in [1.165, 1.54) is 10.1 Å². The van der Waals surface area contributed by atoms with Gasteiger partial charge >= 0.3 is 0 Å². The number of thiophene rings is 1. The molecule has 5 heteroatoms. The molecule has 0 radical (unpaired) electrons. The molecule has 1 fully saturated rings. The summed E-state index contributed by atoms with van der Waals surface area (Å²) in [4.78, 5) is 15.2. The molecule has 0 saturated carbocycles. The lowest BCUT2D eigenvalue weighted by atomic mass is 10.0. The number of nitrogens with one attached hydrogen (secondary N) is 2. The van der Waals surface area contributed by atoms with Crippen molar-refractivity contribution >= 4 is 33.0 Å². The second kappa shape index (κ2) is 7.33. The average molecular weight is 380 g/mol. The van der Waals surface area contributed by atoms with E-state index in [1.807, 2.05) is 26.0 Å². The van der Waals surface area contributed by atoms with Gasteiger partial charge in [-0.05, 0) is 66.1 Å². The zero-order chi connectivity index (χ0) is 19.0. The summed E-state index contributed by atoms with van der Waals surface area (Å²) >= 11 is 1.74. The van der Waals surface area contributed by atoms with E-state index in [0.717, 1.165) is 35.5 Å². The number of fused-ring (bicyclic) bond motifs is 1. The van der Waals surface area contributed by atoms with Gasteiger partial charge in [0.2, 0.25) is 0 Å². The third-order valence-electron chi connectivity index (χ3n) is 5.50. The monoisotopic (exact) mass is 379 g/mol. The highest BCUT2D eigenvalue weighted by Crippen LogP contribution is 2.26. The molecule has 1 aliphatic rings. The van der Waals surface area contributed by atoms with Crippen molar-refractivity contribution in [2.75, 3.05) is 25.0 Å². The van der Waals surface area contributed by atoms with Crippen molar-refractivity contribution in [3.05, 3.63) is 64.5 Å². The number of anilines is 1. The van der Waals surface area contributed by atoms with Crippen molar-refractivity contribution in [1.82, 2.24) is 10.6 Å². The van der Waals surface area contributed by atoms with Gasteiger partial charge in [-0.3, -0.25) is 4.79 Å². The molecule has 4 nitrogen and oxygen atoms in total. The third kappa shape index (κ3) is 3.57. The summed E-state index contributed by atoms with van der Waals surface area (Å²) in [6, 6.07) is 15.1. The van der Waals surface area contributed by atoms with E-state index >= 15 is 0 Å². The number of rotatable bonds is 5. The van der Waals surface area contributed by atoms with Gasteiger partial charge in [0.05, 0.1) is 12.1 Å². The summed E-state index contributed by atoms with van der Waals surface area (Å²) in [7, 11) is 2.09. The Morgan fingerprint density at radius 2 is 2.04 bits per heavy atom. The van der Waals surface area contributed by atoms with Crippen LogP contribution in [0.5, 0.6) is 0 Å². The first-order valence-corrected chi connectivity index (χ1v) is 10.2. The molecule has 27 heavy (non-hydrogen) atoms. The number of carbonyl (C=O) groups excluding carboxylic acids is 1. The molecule has 1 aromatic heterocycles. The molecule has 140 valence electrons. The maximum Gasteiger partial charge on any atom is 0.252 e. The molecule has 2 N–H and O–H groups in total. The van der Waals surface area contributed by atoms with Gasteiger partial charge in [-0.25, -0.2) is 0 Å². The third-order valence-corrected chi connectivity index (χ3v) is 6.40. The molecule has 0 unspecified atom stereocenters. The summed E-state index contributed by atoms with van der Waals surface area (Å²) in [5.41, 5.74) is 3.96. The van der Waals surface area contributed by atoms with Gasteiger partial charge in [0, 0.05) is 36.1 Å². The van der Waals surface area contributed by atoms with Crippen molar-refractivity contribution in [2.24, 2.45) is 0 Å². The summed E-state index contributed by atoms with van der Waals surface area (Å²) in [5, 5.41) is 9.79. The molecule has 2 aromatic carbocycles. The first-order valence-electron chi connectivity index (χ1n) is 9.35. The lowest BCUT2D eigenvalue weighted by molar-refractivity contribution is 0.0939. The Hall–Kier alpha value is -2.37. The van der Waals surface area contributed by atoms with Crippen LogP contribution in [-0.2, 0) is 0 Å². The van der Waals surface area contributed by atoms with E-state index in [9.17, 15) is 4.79 Å². The summed E-state index contributed by atoms with van der Waals surface area (Å²) in [6.45, 7) is 6.02. The fraction of sp³-hybridized carbons (Fsp3) is 0.318. The Balaban J connectivity index is 1.52. The summed E-state index contributed by atoms with van der Waals surface area (Å²) in [6.07, 6.45) is 0. The number of hydrogen-bond acceptors (Lipinski definition) is 4. The van der Waals surface area contributed by atoms with Gasteiger partial charge in [0.1, 0.15) is 0 Å². The van der Waals surface area contributed by atoms with Crippen LogP contribution in [0.1, 0.15) is 34.5 Å². The van der Waals surface area contributed by atoms with Crippen molar-refractivity contribution in [1.29, 1.82) is 0 Å². The maximum atomic E-state index is 13.0. The van der Waals surface area contributed by atoms with Crippen LogP contribution in [0.25, 0.3) is 10.1 Å². The largest absolute Gasteiger partial charge is 0.369 e. The minimum atomic E-state index is -0.0431. The van der Waals surface area contributed by atoms with Crippen molar-refractivity contribution in [3.8, 4) is 0 Å². The van der Waals surface area contributed by atoms with Crippen LogP contribution in [0.3, 0.4) is 0 Å². The average Bonchev–Trinajstić information content (AvgIpc) is 3.08. The molecular formula is C22H25N3OS. The van der Waals surface area contributed by atoms with Gasteiger partial charge < -0.3 is 15.5 Å². The molecule has 4 rings (SSSR count). The topological polar surface area (TPSA) is 44.4 Å². The van der Waals surface area contributed by atoms with Crippen LogP contribution < -0.4 is 15.5 Å². The number of carbonyl (C=O) groups is 1. The fourth-order valence-electron chi connectivity index (χ4n) is 3.44. The number of hydrogen-bond donors (Lipinski definition) is 2. The number of likely N-dealkylation sites (N-methyl/N-ethyl adjacent to an activating group) is 1. The molecule has 1 atom stereocenters. The van der Waals surface area contributed by atoms with E-state index in [2.05, 4.69) is 58.3 Å². The lowest BCUT2D eigenvalue weighted by Gasteiger charge is -2.37. The van der Waals surface area contributed by atoms with Crippen LogP contribution in [0.2, 0.25) is 0 Å². The first kappa shape index (κ1) is 18.0.